The van der Waals surface area contributed by atoms with Gasteiger partial charge in [0.15, 0.2) is 11.6 Å². The van der Waals surface area contributed by atoms with Crippen molar-refractivity contribution in [2.75, 3.05) is 17.2 Å². The molecule has 19 heavy (non-hydrogen) atoms. The molecule has 2 rings (SSSR count). The molecule has 0 bridgehead atoms. The van der Waals surface area contributed by atoms with Crippen molar-refractivity contribution >= 4 is 17.5 Å². The molecular weight excluding hydrogens is 250 g/mol. The van der Waals surface area contributed by atoms with Crippen molar-refractivity contribution in [1.29, 1.82) is 0 Å². The van der Waals surface area contributed by atoms with Crippen LogP contribution < -0.4 is 10.6 Å². The lowest BCUT2D eigenvalue weighted by Gasteiger charge is -2.10. The molecule has 1 aromatic heterocycles. The third-order valence-corrected chi connectivity index (χ3v) is 2.45. The van der Waals surface area contributed by atoms with Crippen LogP contribution in [0.1, 0.15) is 12.5 Å². The third kappa shape index (κ3) is 3.15. The van der Waals surface area contributed by atoms with Gasteiger partial charge in [0.2, 0.25) is 5.95 Å². The Kier molecular flexibility index (Phi) is 3.89. The van der Waals surface area contributed by atoms with E-state index in [9.17, 15) is 8.78 Å². The van der Waals surface area contributed by atoms with Gasteiger partial charge in [0.1, 0.15) is 5.82 Å². The van der Waals surface area contributed by atoms with E-state index in [0.717, 1.165) is 11.8 Å². The van der Waals surface area contributed by atoms with Crippen molar-refractivity contribution in [1.82, 2.24) is 9.97 Å². The molecule has 2 aromatic rings. The summed E-state index contributed by atoms with van der Waals surface area (Å²) in [4.78, 5) is 7.73. The number of benzene rings is 1. The summed E-state index contributed by atoms with van der Waals surface area (Å²) in [6, 6.07) is 4.55. The third-order valence-electron chi connectivity index (χ3n) is 2.45. The van der Waals surface area contributed by atoms with Gasteiger partial charge in [0, 0.05) is 6.54 Å². The summed E-state index contributed by atoms with van der Waals surface area (Å²) in [6.45, 7) is 4.31. The fourth-order valence-corrected chi connectivity index (χ4v) is 1.56. The van der Waals surface area contributed by atoms with Crippen molar-refractivity contribution in [3.05, 3.63) is 41.6 Å². The van der Waals surface area contributed by atoms with Gasteiger partial charge < -0.3 is 10.6 Å². The maximum Gasteiger partial charge on any atom is 0.224 e. The number of halogens is 2. The van der Waals surface area contributed by atoms with Crippen molar-refractivity contribution in [2.24, 2.45) is 0 Å². The number of hydrogen-bond acceptors (Lipinski definition) is 4. The molecule has 0 fully saturated rings. The lowest BCUT2D eigenvalue weighted by atomic mass is 10.2. The average Bonchev–Trinajstić information content (AvgIpc) is 2.38. The van der Waals surface area contributed by atoms with Crippen LogP contribution in [0.5, 0.6) is 0 Å². The first-order chi connectivity index (χ1) is 9.10. The quantitative estimate of drug-likeness (QED) is 0.890. The second kappa shape index (κ2) is 5.60. The van der Waals surface area contributed by atoms with Crippen LogP contribution in [0.25, 0.3) is 0 Å². The molecule has 0 aliphatic heterocycles. The van der Waals surface area contributed by atoms with Crippen molar-refractivity contribution in [3.8, 4) is 0 Å². The number of nitrogens with zero attached hydrogens (tertiary/aromatic N) is 2. The largest absolute Gasteiger partial charge is 0.354 e. The minimum atomic E-state index is -0.637. The number of hydrogen-bond donors (Lipinski definition) is 2. The summed E-state index contributed by atoms with van der Waals surface area (Å²) in [5.41, 5.74) is 1.05. The van der Waals surface area contributed by atoms with E-state index in [0.29, 0.717) is 12.5 Å². The molecule has 0 amide bonds. The summed E-state index contributed by atoms with van der Waals surface area (Å²) in [5.74, 6) is -0.869. The van der Waals surface area contributed by atoms with Gasteiger partial charge in [-0.3, -0.25) is 0 Å². The monoisotopic (exact) mass is 264 g/mol. The van der Waals surface area contributed by atoms with Gasteiger partial charge in [-0.1, -0.05) is 6.07 Å². The number of nitrogens with one attached hydrogen (secondary N) is 2. The van der Waals surface area contributed by atoms with Crippen molar-refractivity contribution in [2.45, 2.75) is 13.8 Å². The molecule has 2 N–H and O–H groups in total. The highest BCUT2D eigenvalue weighted by molar-refractivity contribution is 5.59. The van der Waals surface area contributed by atoms with E-state index < -0.39 is 11.6 Å². The molecule has 0 atom stereocenters. The summed E-state index contributed by atoms with van der Waals surface area (Å²) in [5, 5.41) is 5.50. The van der Waals surface area contributed by atoms with Gasteiger partial charge in [-0.15, -0.1) is 0 Å². The highest BCUT2D eigenvalue weighted by atomic mass is 19.1. The predicted molar refractivity (Wildman–Crippen MR) is 70.6 cm³/mol. The van der Waals surface area contributed by atoms with Gasteiger partial charge in [0.05, 0.1) is 11.9 Å². The molecule has 0 unspecified atom stereocenters. The fourth-order valence-electron chi connectivity index (χ4n) is 1.56. The second-order valence-corrected chi connectivity index (χ2v) is 4.03. The summed E-state index contributed by atoms with van der Waals surface area (Å²) in [6.07, 6.45) is 1.04. The van der Waals surface area contributed by atoms with E-state index in [1.54, 1.807) is 12.1 Å². The highest BCUT2D eigenvalue weighted by Crippen LogP contribution is 2.22. The Bertz CT molecular complexity index is 587. The molecule has 6 heteroatoms. The predicted octanol–water partition coefficient (Wildman–Crippen LogP) is 3.24. The molecular formula is C13H14F2N4. The van der Waals surface area contributed by atoms with Crippen LogP contribution >= 0.6 is 0 Å². The normalized spacial score (nSPS) is 10.3. The Morgan fingerprint density at radius 3 is 2.74 bits per heavy atom. The first kappa shape index (κ1) is 13.2. The minimum absolute atomic E-state index is 0.0598. The Morgan fingerprint density at radius 2 is 2.00 bits per heavy atom. The highest BCUT2D eigenvalue weighted by Gasteiger charge is 2.09. The maximum absolute atomic E-state index is 13.6. The fraction of sp³-hybridized carbons (Fsp3) is 0.231. The molecule has 1 aromatic carbocycles. The van der Waals surface area contributed by atoms with Gasteiger partial charge in [-0.05, 0) is 31.5 Å². The van der Waals surface area contributed by atoms with Crippen LogP contribution in [0.15, 0.2) is 24.4 Å². The molecule has 4 nitrogen and oxygen atoms in total. The zero-order valence-corrected chi connectivity index (χ0v) is 10.7. The Labute approximate surface area is 109 Å². The molecule has 0 aliphatic carbocycles. The van der Waals surface area contributed by atoms with Crippen LogP contribution in [-0.4, -0.2) is 16.5 Å². The Morgan fingerprint density at radius 1 is 1.21 bits per heavy atom. The first-order valence-electron chi connectivity index (χ1n) is 5.89. The summed E-state index contributed by atoms with van der Waals surface area (Å²) in [7, 11) is 0. The molecule has 0 saturated carbocycles. The van der Waals surface area contributed by atoms with Crippen LogP contribution in [0.4, 0.5) is 26.2 Å². The minimum Gasteiger partial charge on any atom is -0.354 e. The van der Waals surface area contributed by atoms with Crippen molar-refractivity contribution < 1.29 is 8.78 Å². The van der Waals surface area contributed by atoms with E-state index in [1.165, 1.54) is 6.07 Å². The zero-order chi connectivity index (χ0) is 13.8. The van der Waals surface area contributed by atoms with Gasteiger partial charge in [-0.2, -0.15) is 4.98 Å². The van der Waals surface area contributed by atoms with Crippen LogP contribution in [0, 0.1) is 18.6 Å². The smallest absolute Gasteiger partial charge is 0.224 e. The SMILES string of the molecule is CCNc1ncc(F)c(Nc2cc(C)ccc2F)n1. The molecule has 0 spiro atoms. The van der Waals surface area contributed by atoms with E-state index in [-0.39, 0.29) is 11.5 Å². The zero-order valence-electron chi connectivity index (χ0n) is 10.7. The standard InChI is InChI=1S/C13H14F2N4/c1-3-16-13-17-7-10(15)12(19-13)18-11-6-8(2)4-5-9(11)14/h4-7H,3H2,1-2H3,(H2,16,17,18,19). The lowest BCUT2D eigenvalue weighted by Crippen LogP contribution is -2.06. The maximum atomic E-state index is 13.6. The molecule has 1 heterocycles. The first-order valence-corrected chi connectivity index (χ1v) is 5.89. The molecule has 0 aliphatic rings. The topological polar surface area (TPSA) is 49.8 Å². The Balaban J connectivity index is 2.31. The van der Waals surface area contributed by atoms with Gasteiger partial charge in [0.25, 0.3) is 0 Å². The second-order valence-electron chi connectivity index (χ2n) is 4.03. The van der Waals surface area contributed by atoms with Gasteiger partial charge in [-0.25, -0.2) is 13.8 Å². The summed E-state index contributed by atoms with van der Waals surface area (Å²) < 4.78 is 27.2. The van der Waals surface area contributed by atoms with Crippen molar-refractivity contribution in [3.63, 3.8) is 0 Å². The van der Waals surface area contributed by atoms with E-state index in [2.05, 4.69) is 20.6 Å². The lowest BCUT2D eigenvalue weighted by molar-refractivity contribution is 0.616. The number of anilines is 3. The van der Waals surface area contributed by atoms with Crippen LogP contribution in [0.2, 0.25) is 0 Å². The van der Waals surface area contributed by atoms with Crippen LogP contribution in [0.3, 0.4) is 0 Å². The molecule has 0 saturated heterocycles. The number of aryl methyl sites for hydroxylation is 1. The van der Waals surface area contributed by atoms with E-state index in [4.69, 9.17) is 0 Å². The Hall–Kier alpha value is -2.24. The number of rotatable bonds is 4. The van der Waals surface area contributed by atoms with Crippen LogP contribution in [-0.2, 0) is 0 Å². The van der Waals surface area contributed by atoms with E-state index >= 15 is 0 Å². The van der Waals surface area contributed by atoms with E-state index in [1.807, 2.05) is 13.8 Å². The van der Waals surface area contributed by atoms with Gasteiger partial charge >= 0.3 is 0 Å². The molecule has 0 radical (unpaired) electrons. The molecule has 100 valence electrons. The number of aromatic nitrogens is 2. The summed E-state index contributed by atoms with van der Waals surface area (Å²) >= 11 is 0. The average molecular weight is 264 g/mol.